The van der Waals surface area contributed by atoms with Gasteiger partial charge in [0.25, 0.3) is 0 Å². The molecule has 0 saturated heterocycles. The van der Waals surface area contributed by atoms with Crippen LogP contribution < -0.4 is 5.32 Å². The van der Waals surface area contributed by atoms with Crippen molar-refractivity contribution in [3.8, 4) is 11.3 Å². The second-order valence-corrected chi connectivity index (χ2v) is 4.69. The Bertz CT molecular complexity index is 500. The van der Waals surface area contributed by atoms with Crippen molar-refractivity contribution < 1.29 is 0 Å². The Hall–Kier alpha value is -1.68. The topological polar surface area (TPSA) is 53.6 Å². The van der Waals surface area contributed by atoms with E-state index < -0.39 is 0 Å². The van der Waals surface area contributed by atoms with Crippen molar-refractivity contribution in [2.75, 3.05) is 7.05 Å². The molecular formula is C13H18N4. The number of hydrogen-bond donors (Lipinski definition) is 2. The fourth-order valence-electron chi connectivity index (χ4n) is 1.59. The first-order valence-corrected chi connectivity index (χ1v) is 5.71. The van der Waals surface area contributed by atoms with E-state index in [1.807, 2.05) is 38.5 Å². The van der Waals surface area contributed by atoms with Crippen molar-refractivity contribution in [3.63, 3.8) is 0 Å². The molecule has 0 atom stereocenters. The highest BCUT2D eigenvalue weighted by Gasteiger charge is 2.22. The molecule has 0 aromatic carbocycles. The molecule has 2 aromatic rings. The summed E-state index contributed by atoms with van der Waals surface area (Å²) in [6.07, 6.45) is 3.84. The van der Waals surface area contributed by atoms with Gasteiger partial charge in [-0.05, 0) is 40.0 Å². The van der Waals surface area contributed by atoms with Gasteiger partial charge in [-0.2, -0.15) is 0 Å². The van der Waals surface area contributed by atoms with Crippen LogP contribution in [0.2, 0.25) is 0 Å². The number of nitrogens with zero attached hydrogens (tertiary/aromatic N) is 2. The monoisotopic (exact) mass is 230 g/mol. The molecule has 2 N–H and O–H groups in total. The van der Waals surface area contributed by atoms with E-state index in [4.69, 9.17) is 0 Å². The minimum absolute atomic E-state index is 0.225. The number of rotatable bonds is 3. The molecule has 0 unspecified atom stereocenters. The zero-order chi connectivity index (χ0) is 12.5. The molecule has 2 heterocycles. The SMILES string of the molecule is CNC(C)(C)c1nc(C)cc(-c2cc[nH]c2)n1. The molecule has 4 nitrogen and oxygen atoms in total. The zero-order valence-corrected chi connectivity index (χ0v) is 10.7. The molecular weight excluding hydrogens is 212 g/mol. The molecule has 0 amide bonds. The molecule has 0 saturated carbocycles. The van der Waals surface area contributed by atoms with Crippen molar-refractivity contribution in [2.24, 2.45) is 0 Å². The molecule has 0 bridgehead atoms. The Kier molecular flexibility index (Phi) is 2.98. The second kappa shape index (κ2) is 4.30. The molecule has 2 aromatic heterocycles. The summed E-state index contributed by atoms with van der Waals surface area (Å²) < 4.78 is 0. The Morgan fingerprint density at radius 1 is 1.29 bits per heavy atom. The fourth-order valence-corrected chi connectivity index (χ4v) is 1.59. The molecule has 90 valence electrons. The van der Waals surface area contributed by atoms with Gasteiger partial charge in [0.1, 0.15) is 5.82 Å². The number of aryl methyl sites for hydroxylation is 1. The van der Waals surface area contributed by atoms with Gasteiger partial charge >= 0.3 is 0 Å². The summed E-state index contributed by atoms with van der Waals surface area (Å²) in [4.78, 5) is 12.2. The van der Waals surface area contributed by atoms with E-state index in [1.54, 1.807) is 0 Å². The van der Waals surface area contributed by atoms with Crippen LogP contribution >= 0.6 is 0 Å². The molecule has 0 aliphatic heterocycles. The first-order valence-electron chi connectivity index (χ1n) is 5.71. The van der Waals surface area contributed by atoms with Gasteiger partial charge in [0, 0.05) is 23.7 Å². The molecule has 0 fully saturated rings. The third kappa shape index (κ3) is 2.36. The summed E-state index contributed by atoms with van der Waals surface area (Å²) in [5.74, 6) is 0.816. The highest BCUT2D eigenvalue weighted by Crippen LogP contribution is 2.21. The maximum absolute atomic E-state index is 4.62. The van der Waals surface area contributed by atoms with Crippen LogP contribution in [-0.4, -0.2) is 22.0 Å². The summed E-state index contributed by atoms with van der Waals surface area (Å²) in [6.45, 7) is 6.14. The van der Waals surface area contributed by atoms with Crippen molar-refractivity contribution in [1.82, 2.24) is 20.3 Å². The third-order valence-electron chi connectivity index (χ3n) is 2.93. The van der Waals surface area contributed by atoms with Crippen LogP contribution in [-0.2, 0) is 5.54 Å². The molecule has 17 heavy (non-hydrogen) atoms. The second-order valence-electron chi connectivity index (χ2n) is 4.69. The van der Waals surface area contributed by atoms with Gasteiger partial charge in [0.05, 0.1) is 11.2 Å². The van der Waals surface area contributed by atoms with E-state index in [2.05, 4.69) is 34.1 Å². The van der Waals surface area contributed by atoms with Crippen molar-refractivity contribution in [2.45, 2.75) is 26.3 Å². The zero-order valence-electron chi connectivity index (χ0n) is 10.7. The van der Waals surface area contributed by atoms with Crippen LogP contribution in [0.3, 0.4) is 0 Å². The normalized spacial score (nSPS) is 11.8. The highest BCUT2D eigenvalue weighted by atomic mass is 15.0. The van der Waals surface area contributed by atoms with Crippen molar-refractivity contribution in [1.29, 1.82) is 0 Å². The Balaban J connectivity index is 2.50. The fraction of sp³-hybridized carbons (Fsp3) is 0.385. The van der Waals surface area contributed by atoms with Crippen LogP contribution in [0.5, 0.6) is 0 Å². The minimum atomic E-state index is -0.225. The van der Waals surface area contributed by atoms with Gasteiger partial charge in [-0.1, -0.05) is 0 Å². The molecule has 0 radical (unpaired) electrons. The van der Waals surface area contributed by atoms with E-state index >= 15 is 0 Å². The van der Waals surface area contributed by atoms with Crippen molar-refractivity contribution in [3.05, 3.63) is 36.0 Å². The lowest BCUT2D eigenvalue weighted by molar-refractivity contribution is 0.416. The Morgan fingerprint density at radius 3 is 2.65 bits per heavy atom. The summed E-state index contributed by atoms with van der Waals surface area (Å²) in [5.41, 5.74) is 2.80. The number of aromatic nitrogens is 3. The van der Waals surface area contributed by atoms with E-state index in [0.717, 1.165) is 22.8 Å². The van der Waals surface area contributed by atoms with E-state index in [-0.39, 0.29) is 5.54 Å². The van der Waals surface area contributed by atoms with E-state index in [0.29, 0.717) is 0 Å². The minimum Gasteiger partial charge on any atom is -0.367 e. The van der Waals surface area contributed by atoms with Gasteiger partial charge in [-0.3, -0.25) is 0 Å². The first-order chi connectivity index (χ1) is 8.03. The number of hydrogen-bond acceptors (Lipinski definition) is 3. The quantitative estimate of drug-likeness (QED) is 0.850. The lowest BCUT2D eigenvalue weighted by Crippen LogP contribution is -2.35. The molecule has 4 heteroatoms. The number of H-pyrrole nitrogens is 1. The van der Waals surface area contributed by atoms with Gasteiger partial charge < -0.3 is 10.3 Å². The molecule has 0 aliphatic rings. The van der Waals surface area contributed by atoms with E-state index in [9.17, 15) is 0 Å². The maximum atomic E-state index is 4.62. The highest BCUT2D eigenvalue weighted by molar-refractivity contribution is 5.58. The molecule has 2 rings (SSSR count). The predicted molar refractivity (Wildman–Crippen MR) is 68.6 cm³/mol. The van der Waals surface area contributed by atoms with Crippen LogP contribution in [0.25, 0.3) is 11.3 Å². The Morgan fingerprint density at radius 2 is 2.06 bits per heavy atom. The summed E-state index contributed by atoms with van der Waals surface area (Å²) in [6, 6.07) is 4.01. The average molecular weight is 230 g/mol. The lowest BCUT2D eigenvalue weighted by Gasteiger charge is -2.22. The van der Waals surface area contributed by atoms with Crippen LogP contribution in [0.4, 0.5) is 0 Å². The smallest absolute Gasteiger partial charge is 0.148 e. The molecule has 0 aliphatic carbocycles. The first kappa shape index (κ1) is 11.8. The largest absolute Gasteiger partial charge is 0.367 e. The lowest BCUT2D eigenvalue weighted by atomic mass is 10.0. The van der Waals surface area contributed by atoms with Gasteiger partial charge in [-0.15, -0.1) is 0 Å². The van der Waals surface area contributed by atoms with Gasteiger partial charge in [-0.25, -0.2) is 9.97 Å². The number of nitrogens with one attached hydrogen (secondary N) is 2. The van der Waals surface area contributed by atoms with Crippen LogP contribution in [0.1, 0.15) is 25.4 Å². The van der Waals surface area contributed by atoms with Gasteiger partial charge in [0.2, 0.25) is 0 Å². The molecule has 0 spiro atoms. The summed E-state index contributed by atoms with van der Waals surface area (Å²) in [7, 11) is 1.92. The third-order valence-corrected chi connectivity index (χ3v) is 2.93. The average Bonchev–Trinajstić information content (AvgIpc) is 2.81. The summed E-state index contributed by atoms with van der Waals surface area (Å²) in [5, 5.41) is 3.22. The Labute approximate surface area is 102 Å². The standard InChI is InChI=1S/C13H18N4/c1-9-7-11(10-5-6-15-8-10)17-12(16-9)13(2,3)14-4/h5-8,14-15H,1-4H3. The maximum Gasteiger partial charge on any atom is 0.148 e. The van der Waals surface area contributed by atoms with Crippen molar-refractivity contribution >= 4 is 0 Å². The van der Waals surface area contributed by atoms with Crippen LogP contribution in [0, 0.1) is 6.92 Å². The number of aromatic amines is 1. The summed E-state index contributed by atoms with van der Waals surface area (Å²) >= 11 is 0. The predicted octanol–water partition coefficient (Wildman–Crippen LogP) is 2.23. The van der Waals surface area contributed by atoms with Gasteiger partial charge in [0.15, 0.2) is 0 Å². The van der Waals surface area contributed by atoms with Crippen LogP contribution in [0.15, 0.2) is 24.5 Å². The van der Waals surface area contributed by atoms with E-state index in [1.165, 1.54) is 0 Å².